The SMILES string of the molecule is [N-]=[N+]=NC([C@@H]1CO1)[C@@H]1CO1. The fourth-order valence-corrected chi connectivity index (χ4v) is 0.953. The second-order valence-corrected chi connectivity index (χ2v) is 2.44. The summed E-state index contributed by atoms with van der Waals surface area (Å²) in [5.74, 6) is 0. The highest BCUT2D eigenvalue weighted by Crippen LogP contribution is 2.27. The van der Waals surface area contributed by atoms with E-state index in [0.717, 1.165) is 0 Å². The lowest BCUT2D eigenvalue weighted by molar-refractivity contribution is 0.313. The summed E-state index contributed by atoms with van der Waals surface area (Å²) in [6.07, 6.45) is 0.256. The van der Waals surface area contributed by atoms with Crippen molar-refractivity contribution in [3.05, 3.63) is 10.4 Å². The first kappa shape index (κ1) is 5.97. The van der Waals surface area contributed by atoms with E-state index in [4.69, 9.17) is 15.0 Å². The monoisotopic (exact) mass is 141 g/mol. The summed E-state index contributed by atoms with van der Waals surface area (Å²) in [4.78, 5) is 2.72. The summed E-state index contributed by atoms with van der Waals surface area (Å²) in [5.41, 5.74) is 8.14. The zero-order chi connectivity index (χ0) is 6.97. The summed E-state index contributed by atoms with van der Waals surface area (Å²) in [6, 6.07) is -0.0787. The number of rotatable bonds is 3. The lowest BCUT2D eigenvalue weighted by Crippen LogP contribution is -2.18. The molecule has 2 rings (SSSR count). The Morgan fingerprint density at radius 1 is 1.40 bits per heavy atom. The third-order valence-electron chi connectivity index (χ3n) is 1.67. The second kappa shape index (κ2) is 2.12. The second-order valence-electron chi connectivity index (χ2n) is 2.44. The van der Waals surface area contributed by atoms with E-state index in [9.17, 15) is 0 Å². The van der Waals surface area contributed by atoms with Gasteiger partial charge >= 0.3 is 0 Å². The van der Waals surface area contributed by atoms with Gasteiger partial charge in [0, 0.05) is 4.91 Å². The third kappa shape index (κ3) is 1.07. The van der Waals surface area contributed by atoms with Gasteiger partial charge in [-0.3, -0.25) is 0 Å². The van der Waals surface area contributed by atoms with Crippen molar-refractivity contribution in [2.75, 3.05) is 13.2 Å². The van der Waals surface area contributed by atoms with Gasteiger partial charge < -0.3 is 9.47 Å². The fourth-order valence-electron chi connectivity index (χ4n) is 0.953. The maximum absolute atomic E-state index is 8.14. The highest BCUT2D eigenvalue weighted by molar-refractivity contribution is 4.95. The van der Waals surface area contributed by atoms with Gasteiger partial charge in [-0.25, -0.2) is 0 Å². The molecule has 0 aromatic carbocycles. The van der Waals surface area contributed by atoms with Crippen molar-refractivity contribution in [3.63, 3.8) is 0 Å². The van der Waals surface area contributed by atoms with Crippen molar-refractivity contribution in [3.8, 4) is 0 Å². The van der Waals surface area contributed by atoms with Crippen LogP contribution in [0, 0.1) is 0 Å². The topological polar surface area (TPSA) is 73.8 Å². The summed E-state index contributed by atoms with van der Waals surface area (Å²) in [7, 11) is 0. The average Bonchev–Trinajstić information content (AvgIpc) is 2.77. The first-order chi connectivity index (χ1) is 4.92. The number of epoxide rings is 2. The standard InChI is InChI=1S/C5H7N3O2/c6-8-7-5(3-1-9-3)4-2-10-4/h3-5H,1-2H2/t3-,4-/m0/s1. The van der Waals surface area contributed by atoms with Crippen LogP contribution in [0.5, 0.6) is 0 Å². The molecule has 0 spiro atoms. The number of ether oxygens (including phenoxy) is 2. The molecule has 0 saturated carbocycles. The number of hydrogen-bond donors (Lipinski definition) is 0. The molecule has 54 valence electrons. The molecule has 0 unspecified atom stereocenters. The number of hydrogen-bond acceptors (Lipinski definition) is 3. The van der Waals surface area contributed by atoms with E-state index >= 15 is 0 Å². The van der Waals surface area contributed by atoms with E-state index in [0.29, 0.717) is 13.2 Å². The van der Waals surface area contributed by atoms with Crippen LogP contribution >= 0.6 is 0 Å². The molecule has 0 radical (unpaired) electrons. The molecule has 2 aliphatic rings. The molecule has 2 fully saturated rings. The summed E-state index contributed by atoms with van der Waals surface area (Å²) in [6.45, 7) is 1.42. The molecule has 2 aliphatic heterocycles. The van der Waals surface area contributed by atoms with Crippen molar-refractivity contribution in [2.24, 2.45) is 5.11 Å². The Labute approximate surface area is 57.5 Å². The molecular weight excluding hydrogens is 134 g/mol. The predicted octanol–water partition coefficient (Wildman–Crippen LogP) is 0.463. The largest absolute Gasteiger partial charge is 0.373 e. The Morgan fingerprint density at radius 2 is 1.90 bits per heavy atom. The molecule has 0 aromatic heterocycles. The van der Waals surface area contributed by atoms with Crippen LogP contribution in [0.25, 0.3) is 10.4 Å². The van der Waals surface area contributed by atoms with E-state index in [1.807, 2.05) is 0 Å². The van der Waals surface area contributed by atoms with Crippen LogP contribution in [0.3, 0.4) is 0 Å². The smallest absolute Gasteiger partial charge is 0.0943 e. The van der Waals surface area contributed by atoms with Gasteiger partial charge in [-0.1, -0.05) is 5.11 Å². The van der Waals surface area contributed by atoms with Crippen molar-refractivity contribution >= 4 is 0 Å². The Kier molecular flexibility index (Phi) is 1.27. The molecule has 2 heterocycles. The maximum Gasteiger partial charge on any atom is 0.0943 e. The average molecular weight is 141 g/mol. The van der Waals surface area contributed by atoms with Gasteiger partial charge in [0.2, 0.25) is 0 Å². The summed E-state index contributed by atoms with van der Waals surface area (Å²) < 4.78 is 9.96. The highest BCUT2D eigenvalue weighted by atomic mass is 16.6. The first-order valence-electron chi connectivity index (χ1n) is 3.19. The Bertz CT molecular complexity index is 169. The summed E-state index contributed by atoms with van der Waals surface area (Å²) in [5, 5.41) is 3.58. The Balaban J connectivity index is 1.97. The zero-order valence-corrected chi connectivity index (χ0v) is 5.30. The predicted molar refractivity (Wildman–Crippen MR) is 32.4 cm³/mol. The van der Waals surface area contributed by atoms with Crippen LogP contribution in [0.4, 0.5) is 0 Å². The van der Waals surface area contributed by atoms with Gasteiger partial charge in [0.15, 0.2) is 0 Å². The van der Waals surface area contributed by atoms with Gasteiger partial charge in [-0.05, 0) is 5.53 Å². The van der Waals surface area contributed by atoms with E-state index < -0.39 is 0 Å². The van der Waals surface area contributed by atoms with Crippen LogP contribution in [0.1, 0.15) is 0 Å². The van der Waals surface area contributed by atoms with E-state index in [2.05, 4.69) is 10.0 Å². The van der Waals surface area contributed by atoms with Crippen molar-refractivity contribution < 1.29 is 9.47 Å². The molecule has 0 bridgehead atoms. The lowest BCUT2D eigenvalue weighted by Gasteiger charge is -1.99. The van der Waals surface area contributed by atoms with Crippen molar-refractivity contribution in [2.45, 2.75) is 18.2 Å². The van der Waals surface area contributed by atoms with Crippen LogP contribution in [-0.2, 0) is 9.47 Å². The van der Waals surface area contributed by atoms with Crippen molar-refractivity contribution in [1.82, 2.24) is 0 Å². The van der Waals surface area contributed by atoms with Gasteiger partial charge in [0.25, 0.3) is 0 Å². The molecule has 2 atom stereocenters. The first-order valence-corrected chi connectivity index (χ1v) is 3.19. The van der Waals surface area contributed by atoms with Crippen LogP contribution in [-0.4, -0.2) is 31.5 Å². The molecule has 2 saturated heterocycles. The highest BCUT2D eigenvalue weighted by Gasteiger charge is 2.43. The quantitative estimate of drug-likeness (QED) is 0.248. The van der Waals surface area contributed by atoms with Crippen LogP contribution in [0.15, 0.2) is 5.11 Å². The normalized spacial score (nSPS) is 35.3. The Morgan fingerprint density at radius 3 is 2.20 bits per heavy atom. The van der Waals surface area contributed by atoms with Crippen LogP contribution < -0.4 is 0 Å². The minimum absolute atomic E-state index is 0.0787. The molecule has 5 heteroatoms. The summed E-state index contributed by atoms with van der Waals surface area (Å²) >= 11 is 0. The third-order valence-corrected chi connectivity index (χ3v) is 1.67. The molecule has 0 aromatic rings. The maximum atomic E-state index is 8.14. The number of nitrogens with zero attached hydrogens (tertiary/aromatic N) is 3. The molecule has 0 aliphatic carbocycles. The molecule has 10 heavy (non-hydrogen) atoms. The van der Waals surface area contributed by atoms with Gasteiger partial charge in [0.1, 0.15) is 0 Å². The zero-order valence-electron chi connectivity index (χ0n) is 5.30. The van der Waals surface area contributed by atoms with Crippen LogP contribution in [0.2, 0.25) is 0 Å². The minimum Gasteiger partial charge on any atom is -0.373 e. The van der Waals surface area contributed by atoms with E-state index in [1.165, 1.54) is 0 Å². The van der Waals surface area contributed by atoms with E-state index in [1.54, 1.807) is 0 Å². The molecule has 0 amide bonds. The van der Waals surface area contributed by atoms with E-state index in [-0.39, 0.29) is 18.2 Å². The lowest BCUT2D eigenvalue weighted by atomic mass is 10.2. The molecule has 0 N–H and O–H groups in total. The minimum atomic E-state index is -0.0787. The number of azide groups is 1. The Hall–Kier alpha value is -0.770. The molecule has 5 nitrogen and oxygen atoms in total. The van der Waals surface area contributed by atoms with Crippen molar-refractivity contribution in [1.29, 1.82) is 0 Å². The molecular formula is C5H7N3O2. The van der Waals surface area contributed by atoms with Gasteiger partial charge in [-0.15, -0.1) is 0 Å². The van der Waals surface area contributed by atoms with Gasteiger partial charge in [-0.2, -0.15) is 0 Å². The van der Waals surface area contributed by atoms with Gasteiger partial charge in [0.05, 0.1) is 31.5 Å². The fraction of sp³-hybridized carbons (Fsp3) is 1.00.